The Hall–Kier alpha value is -0.820. The molecule has 0 amide bonds. The van der Waals surface area contributed by atoms with Crippen LogP contribution in [0.3, 0.4) is 0 Å². The molecular weight excluding hydrogens is 256 g/mol. The molecule has 0 aromatic rings. The van der Waals surface area contributed by atoms with E-state index in [1.54, 1.807) is 5.57 Å². The number of hydrogen-bond acceptors (Lipinski definition) is 1. The predicted molar refractivity (Wildman–Crippen MR) is 91.1 cm³/mol. The average molecular weight is 288 g/mol. The molecule has 0 bridgehead atoms. The third kappa shape index (κ3) is 3.51. The Morgan fingerprint density at radius 3 is 2.52 bits per heavy atom. The normalized spacial score (nSPS) is 39.7. The van der Waals surface area contributed by atoms with Crippen LogP contribution in [0.5, 0.6) is 0 Å². The molecule has 0 aromatic carbocycles. The van der Waals surface area contributed by atoms with Gasteiger partial charge in [-0.25, -0.2) is 0 Å². The van der Waals surface area contributed by atoms with Gasteiger partial charge in [0.15, 0.2) is 0 Å². The van der Waals surface area contributed by atoms with E-state index < -0.39 is 0 Å². The second kappa shape index (κ2) is 6.52. The van der Waals surface area contributed by atoms with Crippen LogP contribution in [-0.4, -0.2) is 11.2 Å². The fourth-order valence-corrected chi connectivity index (χ4v) is 4.14. The first-order valence-electron chi connectivity index (χ1n) is 8.54. The van der Waals surface area contributed by atoms with Crippen LogP contribution in [0.25, 0.3) is 0 Å². The summed E-state index contributed by atoms with van der Waals surface area (Å²) in [5.74, 6) is 1.49. The molecule has 3 unspecified atom stereocenters. The Morgan fingerprint density at radius 1 is 1.14 bits per heavy atom. The van der Waals surface area contributed by atoms with Crippen LogP contribution in [-0.2, 0) is 0 Å². The quantitative estimate of drug-likeness (QED) is 0.638. The lowest BCUT2D eigenvalue weighted by molar-refractivity contribution is 0.183. The highest BCUT2D eigenvalue weighted by Gasteiger charge is 2.41. The molecule has 21 heavy (non-hydrogen) atoms. The van der Waals surface area contributed by atoms with Gasteiger partial charge in [0.25, 0.3) is 0 Å². The molecule has 0 spiro atoms. The van der Waals surface area contributed by atoms with Gasteiger partial charge < -0.3 is 5.11 Å². The lowest BCUT2D eigenvalue weighted by Gasteiger charge is -2.38. The molecule has 2 aliphatic carbocycles. The molecule has 1 nitrogen and oxygen atoms in total. The van der Waals surface area contributed by atoms with Crippen LogP contribution in [0.1, 0.15) is 66.7 Å². The average Bonchev–Trinajstić information content (AvgIpc) is 2.76. The molecule has 0 saturated heterocycles. The monoisotopic (exact) mass is 288 g/mol. The number of rotatable bonds is 1. The zero-order valence-electron chi connectivity index (χ0n) is 14.4. The number of allylic oxidation sites excluding steroid dienone is 4. The van der Waals surface area contributed by atoms with E-state index in [0.717, 1.165) is 36.7 Å². The smallest absolute Gasteiger partial charge is 0.0782 e. The van der Waals surface area contributed by atoms with Gasteiger partial charge in [0.2, 0.25) is 0 Å². The maximum Gasteiger partial charge on any atom is 0.0782 e. The van der Waals surface area contributed by atoms with Gasteiger partial charge in [-0.15, -0.1) is 0 Å². The van der Waals surface area contributed by atoms with Gasteiger partial charge in [0.05, 0.1) is 6.10 Å². The van der Waals surface area contributed by atoms with Gasteiger partial charge in [-0.05, 0) is 68.8 Å². The largest absolute Gasteiger partial charge is 0.388 e. The van der Waals surface area contributed by atoms with Crippen molar-refractivity contribution >= 4 is 0 Å². The maximum absolute atomic E-state index is 10.2. The number of aliphatic hydroxyl groups excluding tert-OH is 1. The first-order valence-corrected chi connectivity index (χ1v) is 8.54. The summed E-state index contributed by atoms with van der Waals surface area (Å²) in [7, 11) is 0. The zero-order valence-corrected chi connectivity index (χ0v) is 14.4. The van der Waals surface area contributed by atoms with Crippen LogP contribution >= 0.6 is 0 Å². The third-order valence-electron chi connectivity index (χ3n) is 5.87. The molecule has 0 saturated carbocycles. The van der Waals surface area contributed by atoms with E-state index in [9.17, 15) is 5.11 Å². The second-order valence-electron chi connectivity index (χ2n) is 7.69. The van der Waals surface area contributed by atoms with Crippen LogP contribution in [0.15, 0.2) is 34.9 Å². The highest BCUT2D eigenvalue weighted by atomic mass is 16.3. The highest BCUT2D eigenvalue weighted by Crippen LogP contribution is 2.52. The minimum absolute atomic E-state index is 0.313. The lowest BCUT2D eigenvalue weighted by Crippen LogP contribution is -2.29. The Bertz CT molecular complexity index is 466. The number of aliphatic hydroxyl groups is 1. The molecule has 0 aromatic heterocycles. The molecule has 0 radical (unpaired) electrons. The fourth-order valence-electron chi connectivity index (χ4n) is 4.14. The molecule has 2 rings (SSSR count). The third-order valence-corrected chi connectivity index (χ3v) is 5.87. The van der Waals surface area contributed by atoms with Crippen molar-refractivity contribution in [1.82, 2.24) is 0 Å². The molecule has 2 aliphatic rings. The second-order valence-corrected chi connectivity index (χ2v) is 7.69. The fraction of sp³-hybridized carbons (Fsp3) is 0.700. The summed E-state index contributed by atoms with van der Waals surface area (Å²) >= 11 is 0. The van der Waals surface area contributed by atoms with E-state index in [0.29, 0.717) is 5.41 Å². The van der Waals surface area contributed by atoms with Crippen molar-refractivity contribution in [3.8, 4) is 0 Å². The molecule has 3 atom stereocenters. The molecule has 1 heteroatoms. The molecule has 0 heterocycles. The Labute approximate surface area is 130 Å². The van der Waals surface area contributed by atoms with Crippen LogP contribution in [0, 0.1) is 17.3 Å². The van der Waals surface area contributed by atoms with Gasteiger partial charge in [-0.1, -0.05) is 50.1 Å². The summed E-state index contributed by atoms with van der Waals surface area (Å²) in [6.07, 6.45) is 12.1. The van der Waals surface area contributed by atoms with Crippen molar-refractivity contribution in [2.24, 2.45) is 17.3 Å². The van der Waals surface area contributed by atoms with E-state index in [-0.39, 0.29) is 6.10 Å². The summed E-state index contributed by atoms with van der Waals surface area (Å²) in [5, 5.41) is 10.2. The SMILES string of the molecule is C/C1=C/CC(O)/C(C)=C\CC2=CCC(C(C)C)C2(C)CC1. The van der Waals surface area contributed by atoms with Crippen molar-refractivity contribution in [3.63, 3.8) is 0 Å². The zero-order chi connectivity index (χ0) is 15.6. The maximum atomic E-state index is 10.2. The molecule has 1 N–H and O–H groups in total. The van der Waals surface area contributed by atoms with Gasteiger partial charge >= 0.3 is 0 Å². The molecule has 118 valence electrons. The first kappa shape index (κ1) is 16.5. The van der Waals surface area contributed by atoms with Gasteiger partial charge in [-0.3, -0.25) is 0 Å². The minimum Gasteiger partial charge on any atom is -0.388 e. The molecular formula is C20H32O. The van der Waals surface area contributed by atoms with Crippen molar-refractivity contribution in [2.75, 3.05) is 0 Å². The highest BCUT2D eigenvalue weighted by molar-refractivity contribution is 5.27. The summed E-state index contributed by atoms with van der Waals surface area (Å²) in [6, 6.07) is 0. The Balaban J connectivity index is 2.32. The first-order chi connectivity index (χ1) is 9.84. The van der Waals surface area contributed by atoms with E-state index >= 15 is 0 Å². The predicted octanol–water partition coefficient (Wildman–Crippen LogP) is 5.42. The van der Waals surface area contributed by atoms with Gasteiger partial charge in [0.1, 0.15) is 0 Å². The Morgan fingerprint density at radius 2 is 1.86 bits per heavy atom. The van der Waals surface area contributed by atoms with Crippen molar-refractivity contribution < 1.29 is 5.11 Å². The van der Waals surface area contributed by atoms with Crippen molar-refractivity contribution in [3.05, 3.63) is 34.9 Å². The lowest BCUT2D eigenvalue weighted by atomic mass is 9.67. The number of hydrogen-bond donors (Lipinski definition) is 1. The van der Waals surface area contributed by atoms with Crippen LogP contribution < -0.4 is 0 Å². The van der Waals surface area contributed by atoms with E-state index in [1.807, 2.05) is 0 Å². The van der Waals surface area contributed by atoms with Crippen molar-refractivity contribution in [1.29, 1.82) is 0 Å². The summed E-state index contributed by atoms with van der Waals surface area (Å²) < 4.78 is 0. The standard InChI is InChI=1S/C20H32O/c1-14(2)18-10-9-17-8-7-16(4)19(21)11-6-15(3)12-13-20(17,18)5/h6-7,9,14,18-19,21H,8,10-13H2,1-5H3/b15-6-,16-7-. The van der Waals surface area contributed by atoms with Crippen LogP contribution in [0.2, 0.25) is 0 Å². The van der Waals surface area contributed by atoms with E-state index in [2.05, 4.69) is 52.8 Å². The van der Waals surface area contributed by atoms with Crippen LogP contribution in [0.4, 0.5) is 0 Å². The summed E-state index contributed by atoms with van der Waals surface area (Å²) in [4.78, 5) is 0. The van der Waals surface area contributed by atoms with Gasteiger partial charge in [0, 0.05) is 0 Å². The molecule has 0 aliphatic heterocycles. The minimum atomic E-state index is -0.313. The van der Waals surface area contributed by atoms with Crippen molar-refractivity contribution in [2.45, 2.75) is 72.8 Å². The molecule has 0 fully saturated rings. The summed E-state index contributed by atoms with van der Waals surface area (Å²) in [5.41, 5.74) is 4.48. The van der Waals surface area contributed by atoms with Gasteiger partial charge in [-0.2, -0.15) is 0 Å². The topological polar surface area (TPSA) is 20.2 Å². The van der Waals surface area contributed by atoms with E-state index in [1.165, 1.54) is 18.4 Å². The number of fused-ring (bicyclic) bond motifs is 1. The summed E-state index contributed by atoms with van der Waals surface area (Å²) in [6.45, 7) is 11.5. The van der Waals surface area contributed by atoms with E-state index in [4.69, 9.17) is 0 Å². The Kier molecular flexibility index (Phi) is 5.14.